The molecule has 1 rings (SSSR count). The van der Waals surface area contributed by atoms with Gasteiger partial charge < -0.3 is 9.42 Å². The van der Waals surface area contributed by atoms with Crippen LogP contribution in [0.2, 0.25) is 0 Å². The van der Waals surface area contributed by atoms with E-state index in [9.17, 15) is 0 Å². The summed E-state index contributed by atoms with van der Waals surface area (Å²) >= 11 is 7.10. The zero-order chi connectivity index (χ0) is 17.2. The predicted octanol–water partition coefficient (Wildman–Crippen LogP) is 6.60. The third-order valence-corrected chi connectivity index (χ3v) is 11.1. The molecular formula is C18H32ClNOP+. The van der Waals surface area contributed by atoms with E-state index in [1.165, 1.54) is 5.69 Å². The van der Waals surface area contributed by atoms with Crippen LogP contribution in [0.1, 0.15) is 55.4 Å². The molecule has 0 saturated carbocycles. The smallest absolute Gasteiger partial charge is 0.297 e. The minimum Gasteiger partial charge on any atom is -0.372 e. The first-order valence-corrected chi connectivity index (χ1v) is 10.7. The van der Waals surface area contributed by atoms with Crippen molar-refractivity contribution in [1.29, 1.82) is 0 Å². The van der Waals surface area contributed by atoms with Gasteiger partial charge in [0.2, 0.25) is 0 Å². The first-order chi connectivity index (χ1) is 9.96. The third kappa shape index (κ3) is 4.09. The van der Waals surface area contributed by atoms with Gasteiger partial charge in [-0.15, -0.1) is 0 Å². The van der Waals surface area contributed by atoms with Gasteiger partial charge in [0.1, 0.15) is 21.6 Å². The van der Waals surface area contributed by atoms with Crippen LogP contribution in [0, 0.1) is 0 Å². The lowest BCUT2D eigenvalue weighted by atomic mass is 10.2. The molecular weight excluding hydrogens is 313 g/mol. The molecule has 0 N–H and O–H groups in total. The van der Waals surface area contributed by atoms with Crippen molar-refractivity contribution in [2.24, 2.45) is 0 Å². The van der Waals surface area contributed by atoms with Gasteiger partial charge in [-0.2, -0.15) is 0 Å². The number of nitrogens with zero attached hydrogens (tertiary/aromatic N) is 1. The molecule has 1 aromatic rings. The summed E-state index contributed by atoms with van der Waals surface area (Å²) in [5, 5.41) is -0.171. The molecule has 126 valence electrons. The SMILES string of the molecule is CCN(CC)c1cccc(O[P+](Cl)(C(C)(C)C)C(C)(C)C)c1. The lowest BCUT2D eigenvalue weighted by Gasteiger charge is -2.38. The second-order valence-electron chi connectivity index (χ2n) is 7.63. The Morgan fingerprint density at radius 2 is 1.50 bits per heavy atom. The molecule has 0 aliphatic rings. The highest BCUT2D eigenvalue weighted by Gasteiger charge is 2.61. The monoisotopic (exact) mass is 344 g/mol. The number of anilines is 1. The van der Waals surface area contributed by atoms with Gasteiger partial charge in [-0.25, -0.2) is 0 Å². The topological polar surface area (TPSA) is 12.5 Å². The van der Waals surface area contributed by atoms with Crippen molar-refractivity contribution in [1.82, 2.24) is 0 Å². The van der Waals surface area contributed by atoms with Gasteiger partial charge in [0.15, 0.2) is 5.75 Å². The normalized spacial score (nSPS) is 13.1. The summed E-state index contributed by atoms with van der Waals surface area (Å²) in [5.74, 6) is 0.873. The second-order valence-corrected chi connectivity index (χ2v) is 13.0. The van der Waals surface area contributed by atoms with E-state index in [1.54, 1.807) is 0 Å². The standard InChI is InChI=1S/C18H32ClNOP/c1-9-20(10-2)15-12-11-13-16(14-15)21-22(19,17(3,4)5)18(6,7)8/h11-14H,9-10H2,1-8H3/q+1. The highest BCUT2D eigenvalue weighted by atomic mass is 35.7. The van der Waals surface area contributed by atoms with E-state index in [1.807, 2.05) is 6.07 Å². The zero-order valence-corrected chi connectivity index (χ0v) is 17.1. The molecule has 0 bridgehead atoms. The Morgan fingerprint density at radius 1 is 1.00 bits per heavy atom. The van der Waals surface area contributed by atoms with Crippen LogP contribution in [0.4, 0.5) is 5.69 Å². The predicted molar refractivity (Wildman–Crippen MR) is 103 cm³/mol. The lowest BCUT2D eigenvalue weighted by molar-refractivity contribution is 0.524. The summed E-state index contributed by atoms with van der Waals surface area (Å²) in [6, 6.07) is 8.31. The summed E-state index contributed by atoms with van der Waals surface area (Å²) in [5.41, 5.74) is 1.19. The van der Waals surface area contributed by atoms with Crippen LogP contribution < -0.4 is 9.42 Å². The molecule has 0 amide bonds. The maximum Gasteiger partial charge on any atom is 0.297 e. The maximum absolute atomic E-state index is 7.10. The molecule has 22 heavy (non-hydrogen) atoms. The van der Waals surface area contributed by atoms with Gasteiger partial charge in [0.05, 0.1) is 0 Å². The second kappa shape index (κ2) is 6.97. The fourth-order valence-electron chi connectivity index (χ4n) is 2.75. The lowest BCUT2D eigenvalue weighted by Crippen LogP contribution is -2.33. The Labute approximate surface area is 142 Å². The molecule has 0 atom stereocenters. The molecule has 0 fully saturated rings. The number of benzene rings is 1. The average Bonchev–Trinajstić information content (AvgIpc) is 2.38. The maximum atomic E-state index is 7.10. The van der Waals surface area contributed by atoms with Gasteiger partial charge in [0, 0.05) is 24.8 Å². The Morgan fingerprint density at radius 3 is 1.91 bits per heavy atom. The molecule has 0 unspecified atom stereocenters. The fourth-order valence-corrected chi connectivity index (χ4v) is 5.95. The van der Waals surface area contributed by atoms with E-state index in [0.29, 0.717) is 0 Å². The van der Waals surface area contributed by atoms with E-state index in [2.05, 4.69) is 78.5 Å². The molecule has 4 heteroatoms. The molecule has 0 radical (unpaired) electrons. The summed E-state index contributed by atoms with van der Waals surface area (Å²) in [6.07, 6.45) is 0. The van der Waals surface area contributed by atoms with Crippen molar-refractivity contribution in [2.45, 2.75) is 65.7 Å². The number of halogens is 1. The van der Waals surface area contributed by atoms with Crippen LogP contribution in [-0.4, -0.2) is 23.4 Å². The number of hydrogen-bond acceptors (Lipinski definition) is 2. The van der Waals surface area contributed by atoms with Crippen LogP contribution in [0.5, 0.6) is 5.75 Å². The van der Waals surface area contributed by atoms with Crippen molar-refractivity contribution in [3.63, 3.8) is 0 Å². The van der Waals surface area contributed by atoms with E-state index < -0.39 is 6.84 Å². The van der Waals surface area contributed by atoms with Gasteiger partial charge in [0.25, 0.3) is 6.84 Å². The Bertz CT molecular complexity index is 473. The molecule has 0 saturated heterocycles. The van der Waals surface area contributed by atoms with Crippen LogP contribution in [0.25, 0.3) is 0 Å². The van der Waals surface area contributed by atoms with Gasteiger partial charge in [-0.1, -0.05) is 6.07 Å². The largest absolute Gasteiger partial charge is 0.372 e. The van der Waals surface area contributed by atoms with Crippen molar-refractivity contribution < 1.29 is 4.52 Å². The Hall–Kier alpha value is -0.460. The molecule has 0 spiro atoms. The van der Waals surface area contributed by atoms with Crippen molar-refractivity contribution >= 4 is 23.8 Å². The zero-order valence-electron chi connectivity index (χ0n) is 15.4. The van der Waals surface area contributed by atoms with Crippen LogP contribution in [-0.2, 0) is 0 Å². The minimum absolute atomic E-state index is 0.0853. The van der Waals surface area contributed by atoms with Gasteiger partial charge in [-0.3, -0.25) is 0 Å². The van der Waals surface area contributed by atoms with E-state index in [0.717, 1.165) is 18.8 Å². The number of rotatable bonds is 5. The van der Waals surface area contributed by atoms with E-state index >= 15 is 0 Å². The first-order valence-electron chi connectivity index (χ1n) is 8.09. The first kappa shape index (κ1) is 19.6. The molecule has 0 aliphatic heterocycles. The Balaban J connectivity index is 3.19. The van der Waals surface area contributed by atoms with Crippen molar-refractivity contribution in [3.8, 4) is 5.75 Å². The van der Waals surface area contributed by atoms with E-state index in [4.69, 9.17) is 15.8 Å². The van der Waals surface area contributed by atoms with Crippen molar-refractivity contribution in [3.05, 3.63) is 24.3 Å². The Kier molecular flexibility index (Phi) is 6.21. The van der Waals surface area contributed by atoms with Crippen molar-refractivity contribution in [2.75, 3.05) is 18.0 Å². The van der Waals surface area contributed by atoms with Crippen LogP contribution in [0.15, 0.2) is 24.3 Å². The molecule has 2 nitrogen and oxygen atoms in total. The number of hydrogen-bond donors (Lipinski definition) is 0. The third-order valence-electron chi connectivity index (χ3n) is 3.90. The fraction of sp³-hybridized carbons (Fsp3) is 0.667. The summed E-state index contributed by atoms with van der Waals surface area (Å²) in [6.45, 7) is 17.2. The average molecular weight is 345 g/mol. The molecule has 0 aliphatic carbocycles. The summed E-state index contributed by atoms with van der Waals surface area (Å²) in [7, 11) is 0. The van der Waals surface area contributed by atoms with Gasteiger partial charge in [-0.05, 0) is 67.5 Å². The molecule has 0 aromatic heterocycles. The highest BCUT2D eigenvalue weighted by molar-refractivity contribution is 7.97. The van der Waals surface area contributed by atoms with Gasteiger partial charge >= 0.3 is 0 Å². The molecule has 0 heterocycles. The minimum atomic E-state index is -2.17. The van der Waals surface area contributed by atoms with Crippen LogP contribution >= 0.6 is 18.1 Å². The van der Waals surface area contributed by atoms with E-state index in [-0.39, 0.29) is 10.3 Å². The van der Waals surface area contributed by atoms with Crippen LogP contribution in [0.3, 0.4) is 0 Å². The molecule has 1 aromatic carbocycles. The quantitative estimate of drug-likeness (QED) is 0.558. The summed E-state index contributed by atoms with van der Waals surface area (Å²) in [4.78, 5) is 2.31. The highest BCUT2D eigenvalue weighted by Crippen LogP contribution is 2.80. The summed E-state index contributed by atoms with van der Waals surface area (Å²) < 4.78 is 6.46.